The summed E-state index contributed by atoms with van der Waals surface area (Å²) in [6, 6.07) is 2.14. The number of ether oxygens (including phenoxy) is 1. The van der Waals surface area contributed by atoms with Crippen LogP contribution < -0.4 is 0 Å². The van der Waals surface area contributed by atoms with Gasteiger partial charge in [-0.25, -0.2) is 0 Å². The molecule has 0 aliphatic carbocycles. The van der Waals surface area contributed by atoms with Gasteiger partial charge in [0, 0.05) is 18.1 Å². The number of nitrogens with zero attached hydrogens (tertiary/aromatic N) is 1. The van der Waals surface area contributed by atoms with Crippen LogP contribution in [0.5, 0.6) is 0 Å². The van der Waals surface area contributed by atoms with E-state index >= 15 is 0 Å². The van der Waals surface area contributed by atoms with Crippen LogP contribution in [0.15, 0.2) is 0 Å². The average Bonchev–Trinajstić information content (AvgIpc) is 2.02. The lowest BCUT2D eigenvalue weighted by atomic mass is 9.93. The molecular weight excluding hydrogens is 150 g/mol. The lowest BCUT2D eigenvalue weighted by molar-refractivity contribution is -0.0871. The summed E-state index contributed by atoms with van der Waals surface area (Å²) in [5.74, 6) is 0. The molecule has 0 N–H and O–H groups in total. The summed E-state index contributed by atoms with van der Waals surface area (Å²) in [7, 11) is 0. The maximum atomic E-state index is 5.58. The molecule has 2 rings (SSSR count). The van der Waals surface area contributed by atoms with Crippen LogP contribution in [0.2, 0.25) is 0 Å². The fraction of sp³-hybridized carbons (Fsp3) is 1.00. The molecule has 12 heavy (non-hydrogen) atoms. The van der Waals surface area contributed by atoms with Crippen LogP contribution in [0.25, 0.3) is 0 Å². The molecule has 0 spiro atoms. The van der Waals surface area contributed by atoms with E-state index in [1.54, 1.807) is 0 Å². The number of hydrogen-bond donors (Lipinski definition) is 0. The molecular formula is C10H19NO. The topological polar surface area (TPSA) is 12.5 Å². The lowest BCUT2D eigenvalue weighted by Gasteiger charge is -2.48. The van der Waals surface area contributed by atoms with E-state index in [-0.39, 0.29) is 0 Å². The molecule has 2 aliphatic heterocycles. The molecule has 0 saturated carbocycles. The third-order valence-corrected chi connectivity index (χ3v) is 3.13. The standard InChI is InChI=1S/C10H19NO/c1-8(2)11-9-4-3-5-10(11)7-12-6-9/h8-10H,3-7H2,1-2H3/t9-,10+. The van der Waals surface area contributed by atoms with Crippen molar-refractivity contribution in [1.82, 2.24) is 4.90 Å². The fourth-order valence-corrected chi connectivity index (χ4v) is 2.71. The van der Waals surface area contributed by atoms with Crippen molar-refractivity contribution in [2.24, 2.45) is 0 Å². The summed E-state index contributed by atoms with van der Waals surface area (Å²) in [4.78, 5) is 2.66. The van der Waals surface area contributed by atoms with Crippen LogP contribution in [0.1, 0.15) is 33.1 Å². The van der Waals surface area contributed by atoms with Gasteiger partial charge in [0.25, 0.3) is 0 Å². The summed E-state index contributed by atoms with van der Waals surface area (Å²) in [5.41, 5.74) is 0. The zero-order valence-electron chi connectivity index (χ0n) is 8.12. The zero-order valence-corrected chi connectivity index (χ0v) is 8.12. The Morgan fingerprint density at radius 2 is 1.75 bits per heavy atom. The largest absolute Gasteiger partial charge is 0.378 e. The van der Waals surface area contributed by atoms with Gasteiger partial charge in [0.05, 0.1) is 13.2 Å². The molecule has 2 nitrogen and oxygen atoms in total. The first-order chi connectivity index (χ1) is 5.79. The Morgan fingerprint density at radius 1 is 1.17 bits per heavy atom. The second kappa shape index (κ2) is 3.35. The number of morpholine rings is 1. The maximum Gasteiger partial charge on any atom is 0.0622 e. The number of piperidine rings is 1. The van der Waals surface area contributed by atoms with Crippen LogP contribution in [0.3, 0.4) is 0 Å². The van der Waals surface area contributed by atoms with Crippen molar-refractivity contribution in [1.29, 1.82) is 0 Å². The minimum Gasteiger partial charge on any atom is -0.378 e. The third-order valence-electron chi connectivity index (χ3n) is 3.13. The molecule has 2 fully saturated rings. The second-order valence-corrected chi connectivity index (χ2v) is 4.32. The van der Waals surface area contributed by atoms with Gasteiger partial charge in [0.15, 0.2) is 0 Å². The Bertz CT molecular complexity index is 136. The van der Waals surface area contributed by atoms with Crippen molar-refractivity contribution in [3.05, 3.63) is 0 Å². The Kier molecular flexibility index (Phi) is 2.37. The Hall–Kier alpha value is -0.0800. The quantitative estimate of drug-likeness (QED) is 0.592. The molecule has 2 bridgehead atoms. The molecule has 0 aromatic carbocycles. The highest BCUT2D eigenvalue weighted by atomic mass is 16.5. The first kappa shape index (κ1) is 8.52. The fourth-order valence-electron chi connectivity index (χ4n) is 2.71. The van der Waals surface area contributed by atoms with Gasteiger partial charge >= 0.3 is 0 Å². The molecule has 0 aromatic heterocycles. The van der Waals surface area contributed by atoms with Crippen molar-refractivity contribution in [3.8, 4) is 0 Å². The molecule has 2 heterocycles. The van der Waals surface area contributed by atoms with E-state index in [4.69, 9.17) is 4.74 Å². The van der Waals surface area contributed by atoms with Crippen LogP contribution in [0.4, 0.5) is 0 Å². The molecule has 2 heteroatoms. The Morgan fingerprint density at radius 3 is 2.17 bits per heavy atom. The highest BCUT2D eigenvalue weighted by Crippen LogP contribution is 2.28. The van der Waals surface area contributed by atoms with Crippen LogP contribution in [-0.4, -0.2) is 36.2 Å². The lowest BCUT2D eigenvalue weighted by Crippen LogP contribution is -2.57. The molecule has 70 valence electrons. The predicted molar refractivity (Wildman–Crippen MR) is 49.2 cm³/mol. The van der Waals surface area contributed by atoms with Crippen molar-refractivity contribution in [2.75, 3.05) is 13.2 Å². The highest BCUT2D eigenvalue weighted by molar-refractivity contribution is 4.89. The summed E-state index contributed by atoms with van der Waals surface area (Å²) < 4.78 is 5.58. The van der Waals surface area contributed by atoms with E-state index in [2.05, 4.69) is 18.7 Å². The molecule has 0 unspecified atom stereocenters. The van der Waals surface area contributed by atoms with E-state index in [0.29, 0.717) is 6.04 Å². The second-order valence-electron chi connectivity index (χ2n) is 4.32. The van der Waals surface area contributed by atoms with Gasteiger partial charge in [-0.2, -0.15) is 0 Å². The number of fused-ring (bicyclic) bond motifs is 2. The third kappa shape index (κ3) is 1.38. The number of rotatable bonds is 1. The van der Waals surface area contributed by atoms with Crippen LogP contribution >= 0.6 is 0 Å². The molecule has 0 radical (unpaired) electrons. The minimum atomic E-state index is 0.698. The van der Waals surface area contributed by atoms with E-state index in [0.717, 1.165) is 25.3 Å². The van der Waals surface area contributed by atoms with E-state index < -0.39 is 0 Å². The SMILES string of the molecule is CC(C)N1[C@@H]2CCC[C@H]1COC2. The van der Waals surface area contributed by atoms with Gasteiger partial charge in [-0.3, -0.25) is 4.90 Å². The zero-order chi connectivity index (χ0) is 8.55. The van der Waals surface area contributed by atoms with E-state index in [1.165, 1.54) is 19.3 Å². The van der Waals surface area contributed by atoms with Gasteiger partial charge in [-0.15, -0.1) is 0 Å². The average molecular weight is 169 g/mol. The maximum absolute atomic E-state index is 5.58. The van der Waals surface area contributed by atoms with Gasteiger partial charge in [0.2, 0.25) is 0 Å². The van der Waals surface area contributed by atoms with Crippen molar-refractivity contribution in [3.63, 3.8) is 0 Å². The smallest absolute Gasteiger partial charge is 0.0622 e. The summed E-state index contributed by atoms with van der Waals surface area (Å²) in [5, 5.41) is 0. The van der Waals surface area contributed by atoms with Crippen LogP contribution in [-0.2, 0) is 4.74 Å². The van der Waals surface area contributed by atoms with Crippen molar-refractivity contribution >= 4 is 0 Å². The van der Waals surface area contributed by atoms with Crippen molar-refractivity contribution < 1.29 is 4.74 Å². The molecule has 2 atom stereocenters. The monoisotopic (exact) mass is 169 g/mol. The van der Waals surface area contributed by atoms with Gasteiger partial charge in [-0.1, -0.05) is 6.42 Å². The Labute approximate surface area is 74.9 Å². The molecule has 2 aliphatic rings. The van der Waals surface area contributed by atoms with Crippen molar-refractivity contribution in [2.45, 2.75) is 51.2 Å². The highest BCUT2D eigenvalue weighted by Gasteiger charge is 2.35. The van der Waals surface area contributed by atoms with E-state index in [9.17, 15) is 0 Å². The summed E-state index contributed by atoms with van der Waals surface area (Å²) >= 11 is 0. The molecule has 2 saturated heterocycles. The summed E-state index contributed by atoms with van der Waals surface area (Å²) in [6.45, 7) is 6.54. The normalized spacial score (nSPS) is 37.2. The van der Waals surface area contributed by atoms with Gasteiger partial charge in [-0.05, 0) is 26.7 Å². The predicted octanol–water partition coefficient (Wildman–Crippen LogP) is 1.65. The minimum absolute atomic E-state index is 0.698. The van der Waals surface area contributed by atoms with Gasteiger partial charge in [0.1, 0.15) is 0 Å². The summed E-state index contributed by atoms with van der Waals surface area (Å²) in [6.07, 6.45) is 4.09. The molecule has 0 aromatic rings. The van der Waals surface area contributed by atoms with E-state index in [1.807, 2.05) is 0 Å². The first-order valence-corrected chi connectivity index (χ1v) is 5.14. The van der Waals surface area contributed by atoms with Gasteiger partial charge < -0.3 is 4.74 Å². The molecule has 0 amide bonds. The number of hydrogen-bond acceptors (Lipinski definition) is 2. The first-order valence-electron chi connectivity index (χ1n) is 5.14. The Balaban J connectivity index is 2.08. The van der Waals surface area contributed by atoms with Crippen LogP contribution in [0, 0.1) is 0 Å².